The lowest BCUT2D eigenvalue weighted by molar-refractivity contribution is 0.0651. The molecule has 0 fully saturated rings. The second-order valence-corrected chi connectivity index (χ2v) is 137. The Morgan fingerprint density at radius 3 is 1.11 bits per heavy atom. The van der Waals surface area contributed by atoms with Crippen LogP contribution in [-0.2, 0) is 0 Å². The van der Waals surface area contributed by atoms with E-state index in [2.05, 4.69) is 155 Å². The Bertz CT molecular complexity index is 2370. The molecule has 1 aliphatic rings. The largest absolute Gasteiger partial charge is 0.477 e. The van der Waals surface area contributed by atoms with Gasteiger partial charge in [0.25, 0.3) is 11.8 Å². The standard InChI is InChI=1S/C52H83N3O4S2.H30P28/c1-6-9-12-15-18-21-24-27-30-33-38-55-51(56)44-41(4)36-37-43(45(44)52(55)57)50-54-49(59-40-35-32-29-26-23-20-17-14-11-8-3)47(61-50)46-48(53-42(5)60-46)58-39-34-31-28-25-22-19-16-13-10-7-2;1-16(2)23(15)27(24(17(3)4)18(5)6)28(25(19(7)8)20(9)10)26(21(11)12)22(13)14/h36-37H,6-35,38-40H2,1-5H3;1-15H2. The van der Waals surface area contributed by atoms with Crippen molar-refractivity contribution in [2.75, 3.05) is 19.8 Å². The molecule has 4 rings (SSSR count). The molecule has 0 N–H and O–H groups in total. The first-order valence-corrected chi connectivity index (χ1v) is 83.2. The van der Waals surface area contributed by atoms with Gasteiger partial charge in [0, 0.05) is 12.1 Å². The Labute approximate surface area is 600 Å². The van der Waals surface area contributed by atoms with Crippen LogP contribution in [0.25, 0.3) is 20.3 Å². The van der Waals surface area contributed by atoms with Crippen LogP contribution < -0.4 is 9.47 Å². The topological polar surface area (TPSA) is 81.6 Å². The molecule has 2 amide bonds. The molecular weight excluding hydrogens is 1660 g/mol. The van der Waals surface area contributed by atoms with Crippen LogP contribution in [0.5, 0.6) is 11.8 Å². The molecule has 1 aliphatic heterocycles. The van der Waals surface area contributed by atoms with E-state index >= 15 is 0 Å². The van der Waals surface area contributed by atoms with Gasteiger partial charge in [0.1, 0.15) is 14.8 Å². The van der Waals surface area contributed by atoms with E-state index in [0.29, 0.717) is 53.2 Å². The Balaban J connectivity index is 0.000000621. The summed E-state index contributed by atoms with van der Waals surface area (Å²) in [5.74, 6) is 0.829. The summed E-state index contributed by atoms with van der Waals surface area (Å²) in [5, 5.41) is 1.63. The number of hydrogen-bond acceptors (Lipinski definition) is 8. The molecule has 0 spiro atoms. The number of carbonyl (C=O) groups is 2. The Morgan fingerprint density at radius 2 is 0.730 bits per heavy atom. The average molecular weight is 1780 g/mol. The van der Waals surface area contributed by atoms with Crippen LogP contribution in [0, 0.1) is 13.8 Å². The van der Waals surface area contributed by atoms with Crippen molar-refractivity contribution in [1.82, 2.24) is 14.9 Å². The molecule has 0 radical (unpaired) electrons. The average Bonchev–Trinajstić information content (AvgIpc) is 1.70. The predicted octanol–water partition coefficient (Wildman–Crippen LogP) is 32.7. The number of nitrogens with zero attached hydrogens (tertiary/aromatic N) is 3. The zero-order valence-corrected chi connectivity index (χ0v) is 84.3. The van der Waals surface area contributed by atoms with Gasteiger partial charge in [-0.1, -0.05) is 206 Å². The number of ether oxygens (including phenoxy) is 2. The monoisotopic (exact) mass is 1780 g/mol. The quantitative estimate of drug-likeness (QED) is 0.0318. The van der Waals surface area contributed by atoms with Crippen molar-refractivity contribution in [3.05, 3.63) is 33.8 Å². The molecule has 0 bridgehead atoms. The molecule has 37 heteroatoms. The number of fused-ring (bicyclic) bond motifs is 1. The van der Waals surface area contributed by atoms with Crippen molar-refractivity contribution in [3.8, 4) is 32.1 Å². The lowest BCUT2D eigenvalue weighted by atomic mass is 9.98. The molecular formula is C52H113N3O4P28S2. The summed E-state index contributed by atoms with van der Waals surface area (Å²) in [6, 6.07) is 3.94. The van der Waals surface area contributed by atoms with Crippen LogP contribution in [0.3, 0.4) is 0 Å². The molecule has 0 saturated heterocycles. The van der Waals surface area contributed by atoms with Crippen LogP contribution >= 0.6 is 247 Å². The third-order valence-corrected chi connectivity index (χ3v) is 201. The van der Waals surface area contributed by atoms with E-state index < -0.39 is 0 Å². The summed E-state index contributed by atoms with van der Waals surface area (Å²) in [4.78, 5) is 41.3. The highest BCUT2D eigenvalue weighted by Gasteiger charge is 2.49. The second kappa shape index (κ2) is 54.8. The van der Waals surface area contributed by atoms with E-state index in [1.807, 2.05) is 26.0 Å². The molecule has 2 aromatic heterocycles. The molecule has 3 aromatic rings. The lowest BCUT2D eigenvalue weighted by Gasteiger charge is -2.51. The van der Waals surface area contributed by atoms with E-state index in [-0.39, 0.29) is 103 Å². The van der Waals surface area contributed by atoms with Crippen molar-refractivity contribution in [3.63, 3.8) is 0 Å². The number of hydrogen-bond donors (Lipinski definition) is 0. The maximum atomic E-state index is 14.2. The van der Waals surface area contributed by atoms with Gasteiger partial charge >= 0.3 is 0 Å². The Kier molecular flexibility index (Phi) is 56.9. The maximum absolute atomic E-state index is 14.2. The summed E-state index contributed by atoms with van der Waals surface area (Å²) in [7, 11) is 49.0. The molecule has 512 valence electrons. The molecule has 3 heterocycles. The van der Waals surface area contributed by atoms with Gasteiger partial charge in [0.2, 0.25) is 11.8 Å². The van der Waals surface area contributed by atoms with Crippen molar-refractivity contribution < 1.29 is 19.1 Å². The summed E-state index contributed by atoms with van der Waals surface area (Å²) < 4.78 is 12.9. The van der Waals surface area contributed by atoms with Crippen molar-refractivity contribution in [2.24, 2.45) is 0 Å². The fourth-order valence-electron chi connectivity index (χ4n) is 9.99. The fraction of sp³-hybridized carbons (Fsp3) is 0.731. The summed E-state index contributed by atoms with van der Waals surface area (Å²) in [6.07, 6.45) is 37.5. The minimum atomic E-state index is -0.201. The van der Waals surface area contributed by atoms with Gasteiger partial charge < -0.3 is 9.47 Å². The minimum Gasteiger partial charge on any atom is -0.477 e. The van der Waals surface area contributed by atoms with Gasteiger partial charge in [-0.15, -0.1) is 157 Å². The van der Waals surface area contributed by atoms with Crippen molar-refractivity contribution in [1.29, 1.82) is 0 Å². The molecule has 1 aromatic carbocycles. The first kappa shape index (κ1) is 92.5. The summed E-state index contributed by atoms with van der Waals surface area (Å²) >= 11 is 3.13. The van der Waals surface area contributed by atoms with Crippen LogP contribution in [-0.4, -0.2) is 46.4 Å². The third kappa shape index (κ3) is 34.4. The molecule has 0 saturated carbocycles. The van der Waals surface area contributed by atoms with Gasteiger partial charge in [-0.3, -0.25) is 14.5 Å². The fourth-order valence-corrected chi connectivity index (χ4v) is 364. The molecule has 7 nitrogen and oxygen atoms in total. The predicted molar refractivity (Wildman–Crippen MR) is 496 cm³/mol. The minimum absolute atomic E-state index is 0.00189. The van der Waals surface area contributed by atoms with E-state index in [9.17, 15) is 9.59 Å². The van der Waals surface area contributed by atoms with E-state index in [1.165, 1.54) is 164 Å². The number of imide groups is 1. The number of benzene rings is 1. The summed E-state index contributed by atoms with van der Waals surface area (Å²) in [6.45, 7) is 12.4. The number of amides is 2. The molecule has 17 unspecified atom stereocenters. The van der Waals surface area contributed by atoms with Crippen molar-refractivity contribution >= 4 is 259 Å². The van der Waals surface area contributed by atoms with Crippen molar-refractivity contribution in [2.45, 2.75) is 227 Å². The maximum Gasteiger partial charge on any atom is 0.262 e. The zero-order valence-electron chi connectivity index (χ0n) is 53.8. The van der Waals surface area contributed by atoms with Crippen LogP contribution in [0.1, 0.15) is 245 Å². The number of aryl methyl sites for hydroxylation is 2. The third-order valence-electron chi connectivity index (χ3n) is 14.6. The van der Waals surface area contributed by atoms with Crippen LogP contribution in [0.15, 0.2) is 12.1 Å². The normalized spacial score (nSPS) is 13.7. The zero-order chi connectivity index (χ0) is 66.0. The lowest BCUT2D eigenvalue weighted by Crippen LogP contribution is -2.30. The molecule has 89 heavy (non-hydrogen) atoms. The first-order valence-electron chi connectivity index (χ1n) is 31.4. The Hall–Kier alpha value is 9.26. The van der Waals surface area contributed by atoms with Gasteiger partial charge in [0.05, 0.1) is 29.3 Å². The number of thiazole rings is 2. The smallest absolute Gasteiger partial charge is 0.262 e. The number of aromatic nitrogens is 2. The van der Waals surface area contributed by atoms with Gasteiger partial charge in [-0.25, -0.2) is 9.97 Å². The number of carbonyl (C=O) groups excluding carboxylic acids is 2. The highest BCUT2D eigenvalue weighted by molar-refractivity contribution is 9.42. The highest BCUT2D eigenvalue weighted by atomic mass is 33.5. The SMILES string of the molecule is CCCCCCCCCCCCOc1nc(C)sc1-c1sc(-c2ccc(C)c3c2C(=O)N(CCCCCCCCCCCC)C3=O)nc1OCCCCCCCCCCCC.PP(P)P(P)P(P(P(P)P)P(P)P)P(P(P(P)P)P(P)P)P(P(P)P)P(P)P. The highest BCUT2D eigenvalue weighted by Crippen LogP contribution is 3.37. The molecule has 0 aliphatic carbocycles. The van der Waals surface area contributed by atoms with E-state index in [0.717, 1.165) is 65.3 Å². The summed E-state index contributed by atoms with van der Waals surface area (Å²) in [5.41, 5.74) is 2.54. The second-order valence-electron chi connectivity index (χ2n) is 22.0. The van der Waals surface area contributed by atoms with E-state index in [4.69, 9.17) is 19.4 Å². The Morgan fingerprint density at radius 1 is 0.393 bits per heavy atom. The molecule has 17 atom stereocenters. The van der Waals surface area contributed by atoms with Crippen LogP contribution in [0.2, 0.25) is 0 Å². The van der Waals surface area contributed by atoms with Gasteiger partial charge in [0.15, 0.2) is 0 Å². The van der Waals surface area contributed by atoms with E-state index in [1.54, 1.807) is 11.3 Å². The number of unbranched alkanes of at least 4 members (excludes halogenated alkanes) is 27. The first-order chi connectivity index (χ1) is 42.6. The van der Waals surface area contributed by atoms with Gasteiger partial charge in [-0.05, 0) is 130 Å². The number of rotatable bonds is 49. The van der Waals surface area contributed by atoms with Crippen LogP contribution in [0.4, 0.5) is 0 Å². The van der Waals surface area contributed by atoms with Gasteiger partial charge in [-0.2, -0.15) is 0 Å².